The number of halogens is 1. The molecule has 2 aromatic rings. The van der Waals surface area contributed by atoms with E-state index in [4.69, 9.17) is 4.74 Å². The van der Waals surface area contributed by atoms with Gasteiger partial charge < -0.3 is 9.64 Å². The van der Waals surface area contributed by atoms with Gasteiger partial charge in [0.15, 0.2) is 4.73 Å². The molecule has 0 saturated carbocycles. The highest BCUT2D eigenvalue weighted by Crippen LogP contribution is 2.35. The summed E-state index contributed by atoms with van der Waals surface area (Å²) in [6.07, 6.45) is 7.23. The minimum absolute atomic E-state index is 0.194. The lowest BCUT2D eigenvalue weighted by Gasteiger charge is -2.31. The van der Waals surface area contributed by atoms with E-state index in [0.29, 0.717) is 13.2 Å². The van der Waals surface area contributed by atoms with Crippen LogP contribution in [0.15, 0.2) is 23.3 Å². The van der Waals surface area contributed by atoms with Crippen LogP contribution in [-0.2, 0) is 4.74 Å². The first-order valence-corrected chi connectivity index (χ1v) is 7.44. The number of carbonyl (C=O) groups is 1. The number of hydrogen-bond acceptors (Lipinski definition) is 4. The van der Waals surface area contributed by atoms with Gasteiger partial charge in [-0.3, -0.25) is 9.38 Å². The number of imidazole rings is 1. The van der Waals surface area contributed by atoms with Gasteiger partial charge in [0.25, 0.3) is 0 Å². The highest BCUT2D eigenvalue weighted by atomic mass is 79.9. The number of aromatic nitrogens is 3. The molecule has 104 valence electrons. The van der Waals surface area contributed by atoms with Crippen molar-refractivity contribution in [3.63, 3.8) is 0 Å². The third-order valence-corrected chi connectivity index (χ3v) is 4.72. The monoisotopic (exact) mass is 336 g/mol. The van der Waals surface area contributed by atoms with Gasteiger partial charge in [0.05, 0.1) is 23.4 Å². The second kappa shape index (κ2) is 4.44. The molecule has 2 aliphatic rings. The van der Waals surface area contributed by atoms with Crippen LogP contribution in [-0.4, -0.2) is 44.6 Å². The van der Waals surface area contributed by atoms with Crippen LogP contribution >= 0.6 is 15.9 Å². The Bertz CT molecular complexity index is 686. The van der Waals surface area contributed by atoms with E-state index < -0.39 is 0 Å². The lowest BCUT2D eigenvalue weighted by Crippen LogP contribution is -2.41. The van der Waals surface area contributed by atoms with Crippen molar-refractivity contribution in [1.82, 2.24) is 19.3 Å². The molecule has 0 bridgehead atoms. The third-order valence-electron chi connectivity index (χ3n) is 4.16. The Labute approximate surface area is 123 Å². The lowest BCUT2D eigenvalue weighted by molar-refractivity contribution is 0.150. The summed E-state index contributed by atoms with van der Waals surface area (Å²) >= 11 is 3.47. The molecule has 0 N–H and O–H groups in total. The summed E-state index contributed by atoms with van der Waals surface area (Å²) in [6, 6.07) is 0.245. The zero-order chi connectivity index (χ0) is 13.7. The fourth-order valence-electron chi connectivity index (χ4n) is 3.12. The topological polar surface area (TPSA) is 59.7 Å². The van der Waals surface area contributed by atoms with E-state index in [2.05, 4.69) is 25.9 Å². The Hall–Kier alpha value is -1.63. The highest BCUT2D eigenvalue weighted by Gasteiger charge is 2.39. The zero-order valence-electron chi connectivity index (χ0n) is 10.7. The van der Waals surface area contributed by atoms with Crippen LogP contribution in [0.25, 0.3) is 5.52 Å². The Morgan fingerprint density at radius 1 is 1.40 bits per heavy atom. The minimum Gasteiger partial charge on any atom is -0.447 e. The number of rotatable bonds is 1. The number of amides is 1. The van der Waals surface area contributed by atoms with E-state index in [1.807, 2.05) is 21.7 Å². The van der Waals surface area contributed by atoms with Gasteiger partial charge >= 0.3 is 6.09 Å². The van der Waals surface area contributed by atoms with Crippen molar-refractivity contribution in [3.05, 3.63) is 29.0 Å². The predicted molar refractivity (Wildman–Crippen MR) is 74.5 cm³/mol. The van der Waals surface area contributed by atoms with E-state index in [1.165, 1.54) is 0 Å². The quantitative estimate of drug-likeness (QED) is 0.800. The van der Waals surface area contributed by atoms with Gasteiger partial charge in [-0.2, -0.15) is 0 Å². The van der Waals surface area contributed by atoms with Crippen molar-refractivity contribution in [2.24, 2.45) is 0 Å². The van der Waals surface area contributed by atoms with Gasteiger partial charge in [-0.25, -0.2) is 9.78 Å². The summed E-state index contributed by atoms with van der Waals surface area (Å²) in [5.41, 5.74) is 2.00. The number of ether oxygens (including phenoxy) is 1. The van der Waals surface area contributed by atoms with Crippen LogP contribution in [0.3, 0.4) is 0 Å². The summed E-state index contributed by atoms with van der Waals surface area (Å²) in [5.74, 6) is 0.238. The molecular formula is C13H13BrN4O2. The van der Waals surface area contributed by atoms with E-state index in [9.17, 15) is 4.79 Å². The second-order valence-corrected chi connectivity index (χ2v) is 5.96. The van der Waals surface area contributed by atoms with Crippen LogP contribution in [0.5, 0.6) is 0 Å². The van der Waals surface area contributed by atoms with Crippen molar-refractivity contribution in [2.45, 2.75) is 24.8 Å². The van der Waals surface area contributed by atoms with E-state index in [-0.39, 0.29) is 18.1 Å². The molecule has 0 aromatic carbocycles. The first kappa shape index (κ1) is 12.1. The highest BCUT2D eigenvalue weighted by molar-refractivity contribution is 9.10. The average molecular weight is 337 g/mol. The van der Waals surface area contributed by atoms with Gasteiger partial charge in [0, 0.05) is 24.9 Å². The normalized spacial score (nSPS) is 25.9. The van der Waals surface area contributed by atoms with Crippen LogP contribution in [0.2, 0.25) is 0 Å². The molecular weight excluding hydrogens is 324 g/mol. The Morgan fingerprint density at radius 2 is 2.30 bits per heavy atom. The van der Waals surface area contributed by atoms with Gasteiger partial charge in [-0.15, -0.1) is 0 Å². The van der Waals surface area contributed by atoms with Crippen molar-refractivity contribution in [3.8, 4) is 0 Å². The third kappa shape index (κ3) is 1.72. The van der Waals surface area contributed by atoms with Crippen LogP contribution in [0.1, 0.15) is 24.5 Å². The minimum atomic E-state index is -0.194. The molecule has 20 heavy (non-hydrogen) atoms. The number of carbonyl (C=O) groups excluding carboxylic acids is 1. The molecule has 7 heteroatoms. The summed E-state index contributed by atoms with van der Waals surface area (Å²) < 4.78 is 7.86. The molecule has 2 atom stereocenters. The number of nitrogens with zero attached hydrogens (tertiary/aromatic N) is 4. The maximum atomic E-state index is 11.7. The summed E-state index contributed by atoms with van der Waals surface area (Å²) in [4.78, 5) is 22.3. The second-order valence-electron chi connectivity index (χ2n) is 5.26. The Balaban J connectivity index is 1.71. The molecule has 2 saturated heterocycles. The predicted octanol–water partition coefficient (Wildman–Crippen LogP) is 2.19. The summed E-state index contributed by atoms with van der Waals surface area (Å²) in [5, 5.41) is 0. The maximum absolute atomic E-state index is 11.7. The Kier molecular flexibility index (Phi) is 2.70. The molecule has 6 nitrogen and oxygen atoms in total. The van der Waals surface area contributed by atoms with Crippen molar-refractivity contribution in [2.75, 3.05) is 13.2 Å². The molecule has 2 aliphatic heterocycles. The molecule has 4 rings (SSSR count). The first-order valence-electron chi connectivity index (χ1n) is 6.65. The standard InChI is InChI=1S/C13H13BrN4O2/c14-12-16-11(10-5-15-3-4-17(10)12)8-1-2-9-7-20-13(19)18(9)6-8/h3-5,8-9H,1-2,6-7H2/t8-,9+/m0/s1. The Morgan fingerprint density at radius 3 is 3.20 bits per heavy atom. The van der Waals surface area contributed by atoms with Gasteiger partial charge in [0.1, 0.15) is 6.61 Å². The van der Waals surface area contributed by atoms with Crippen LogP contribution < -0.4 is 0 Å². The average Bonchev–Trinajstić information content (AvgIpc) is 3.01. The molecule has 0 unspecified atom stereocenters. The van der Waals surface area contributed by atoms with Gasteiger partial charge in [0.2, 0.25) is 0 Å². The van der Waals surface area contributed by atoms with Crippen molar-refractivity contribution >= 4 is 27.5 Å². The van der Waals surface area contributed by atoms with Crippen LogP contribution in [0.4, 0.5) is 4.79 Å². The van der Waals surface area contributed by atoms with E-state index in [1.54, 1.807) is 6.20 Å². The fourth-order valence-corrected chi connectivity index (χ4v) is 3.62. The van der Waals surface area contributed by atoms with E-state index in [0.717, 1.165) is 28.8 Å². The number of hydrogen-bond donors (Lipinski definition) is 0. The van der Waals surface area contributed by atoms with Crippen molar-refractivity contribution in [1.29, 1.82) is 0 Å². The molecule has 4 heterocycles. The zero-order valence-corrected chi connectivity index (χ0v) is 12.3. The van der Waals surface area contributed by atoms with Crippen LogP contribution in [0, 0.1) is 0 Å². The van der Waals surface area contributed by atoms with Gasteiger partial charge in [-0.1, -0.05) is 0 Å². The molecule has 1 amide bonds. The molecule has 0 radical (unpaired) electrons. The summed E-state index contributed by atoms with van der Waals surface area (Å²) in [6.45, 7) is 1.21. The largest absolute Gasteiger partial charge is 0.447 e. The van der Waals surface area contributed by atoms with Crippen molar-refractivity contribution < 1.29 is 9.53 Å². The number of cyclic esters (lactones) is 1. The molecule has 0 spiro atoms. The number of fused-ring (bicyclic) bond motifs is 2. The fraction of sp³-hybridized carbons (Fsp3) is 0.462. The lowest BCUT2D eigenvalue weighted by atomic mass is 9.91. The molecule has 0 aliphatic carbocycles. The van der Waals surface area contributed by atoms with E-state index >= 15 is 0 Å². The summed E-state index contributed by atoms with van der Waals surface area (Å²) in [7, 11) is 0. The smallest absolute Gasteiger partial charge is 0.410 e. The maximum Gasteiger partial charge on any atom is 0.410 e. The molecule has 2 fully saturated rings. The van der Waals surface area contributed by atoms with Gasteiger partial charge in [-0.05, 0) is 28.8 Å². The number of piperidine rings is 1. The first-order chi connectivity index (χ1) is 9.74. The molecule has 2 aromatic heterocycles. The SMILES string of the molecule is O=C1OC[C@H]2CC[C@H](c3nc(Br)n4ccncc34)CN12.